The van der Waals surface area contributed by atoms with Gasteiger partial charge in [0.05, 0.1) is 0 Å². The van der Waals surface area contributed by atoms with Crippen LogP contribution >= 0.6 is 12.4 Å². The molecule has 4 N–H and O–H groups in total. The van der Waals surface area contributed by atoms with E-state index in [9.17, 15) is 9.59 Å². The smallest absolute Gasteiger partial charge is 0.235 e. The number of hydrogen-bond donors (Lipinski definition) is 3. The third-order valence-electron chi connectivity index (χ3n) is 4.64. The van der Waals surface area contributed by atoms with E-state index in [-0.39, 0.29) is 30.3 Å². The molecule has 2 saturated carbocycles. The second-order valence-electron chi connectivity index (χ2n) is 5.87. The Bertz CT molecular complexity index is 352. The molecular formula is C14H26ClN3O2. The van der Waals surface area contributed by atoms with Crippen LogP contribution in [0, 0.1) is 11.3 Å². The predicted molar refractivity (Wildman–Crippen MR) is 80.5 cm³/mol. The highest BCUT2D eigenvalue weighted by Crippen LogP contribution is 2.46. The molecule has 0 aromatic heterocycles. The van der Waals surface area contributed by atoms with Crippen LogP contribution in [0.25, 0.3) is 0 Å². The molecule has 0 bridgehead atoms. The molecule has 0 aromatic rings. The lowest BCUT2D eigenvalue weighted by molar-refractivity contribution is -0.137. The maximum Gasteiger partial charge on any atom is 0.235 e. The van der Waals surface area contributed by atoms with Crippen LogP contribution < -0.4 is 16.4 Å². The van der Waals surface area contributed by atoms with Gasteiger partial charge in [0, 0.05) is 19.6 Å². The average Bonchev–Trinajstić information content (AvgIpc) is 3.26. The largest absolute Gasteiger partial charge is 0.358 e. The third-order valence-corrected chi connectivity index (χ3v) is 4.64. The molecule has 116 valence electrons. The van der Waals surface area contributed by atoms with Crippen LogP contribution in [0.5, 0.6) is 0 Å². The van der Waals surface area contributed by atoms with E-state index in [1.807, 2.05) is 0 Å². The van der Waals surface area contributed by atoms with Crippen molar-refractivity contribution in [1.29, 1.82) is 0 Å². The molecule has 2 rings (SSSR count). The van der Waals surface area contributed by atoms with Crippen molar-refractivity contribution in [1.82, 2.24) is 10.6 Å². The minimum absolute atomic E-state index is 0. The first-order valence-electron chi connectivity index (χ1n) is 7.37. The highest BCUT2D eigenvalue weighted by atomic mass is 35.5. The van der Waals surface area contributed by atoms with E-state index < -0.39 is 5.41 Å². The summed E-state index contributed by atoms with van der Waals surface area (Å²) in [7, 11) is 1.58. The molecule has 0 saturated heterocycles. The quantitative estimate of drug-likeness (QED) is 0.661. The number of nitrogens with one attached hydrogen (secondary N) is 2. The van der Waals surface area contributed by atoms with E-state index in [2.05, 4.69) is 10.6 Å². The molecule has 1 atom stereocenters. The molecule has 2 aliphatic carbocycles. The zero-order valence-corrected chi connectivity index (χ0v) is 12.9. The molecular weight excluding hydrogens is 278 g/mol. The number of hydrogen-bond acceptors (Lipinski definition) is 3. The third kappa shape index (κ3) is 3.44. The SMILES string of the molecule is CNC(=O)C1(C(=O)NC(CN)C2CCCCC2)CC1.Cl. The second-order valence-corrected chi connectivity index (χ2v) is 5.87. The lowest BCUT2D eigenvalue weighted by Crippen LogP contribution is -2.51. The van der Waals surface area contributed by atoms with Crippen molar-refractivity contribution < 1.29 is 9.59 Å². The first kappa shape index (κ1) is 17.2. The van der Waals surface area contributed by atoms with Gasteiger partial charge in [0.15, 0.2) is 0 Å². The van der Waals surface area contributed by atoms with Gasteiger partial charge in [0.2, 0.25) is 11.8 Å². The summed E-state index contributed by atoms with van der Waals surface area (Å²) in [6.07, 6.45) is 7.30. The maximum atomic E-state index is 12.3. The predicted octanol–water partition coefficient (Wildman–Crippen LogP) is 0.958. The Kier molecular flexibility index (Phi) is 6.27. The van der Waals surface area contributed by atoms with E-state index >= 15 is 0 Å². The molecule has 0 radical (unpaired) electrons. The Balaban J connectivity index is 0.00000200. The maximum absolute atomic E-state index is 12.3. The molecule has 6 heteroatoms. The van der Waals surface area contributed by atoms with Crippen molar-refractivity contribution in [2.75, 3.05) is 13.6 Å². The summed E-state index contributed by atoms with van der Waals surface area (Å²) >= 11 is 0. The molecule has 2 amide bonds. The normalized spacial score (nSPS) is 22.3. The minimum Gasteiger partial charge on any atom is -0.358 e. The van der Waals surface area contributed by atoms with Gasteiger partial charge in [-0.15, -0.1) is 12.4 Å². The summed E-state index contributed by atoms with van der Waals surface area (Å²) in [5.41, 5.74) is 5.00. The fraction of sp³-hybridized carbons (Fsp3) is 0.857. The molecule has 1 unspecified atom stereocenters. The van der Waals surface area contributed by atoms with Crippen molar-refractivity contribution in [3.05, 3.63) is 0 Å². The highest BCUT2D eigenvalue weighted by Gasteiger charge is 2.56. The summed E-state index contributed by atoms with van der Waals surface area (Å²) < 4.78 is 0. The van der Waals surface area contributed by atoms with Crippen molar-refractivity contribution >= 4 is 24.2 Å². The van der Waals surface area contributed by atoms with Crippen molar-refractivity contribution in [2.45, 2.75) is 51.0 Å². The number of carbonyl (C=O) groups is 2. The van der Waals surface area contributed by atoms with Gasteiger partial charge in [0.1, 0.15) is 5.41 Å². The fourth-order valence-corrected chi connectivity index (χ4v) is 3.13. The number of rotatable bonds is 5. The molecule has 2 aliphatic rings. The van der Waals surface area contributed by atoms with Gasteiger partial charge < -0.3 is 16.4 Å². The fourth-order valence-electron chi connectivity index (χ4n) is 3.13. The van der Waals surface area contributed by atoms with Crippen LogP contribution in [0.3, 0.4) is 0 Å². The van der Waals surface area contributed by atoms with Crippen LogP contribution in [-0.4, -0.2) is 31.4 Å². The minimum atomic E-state index is -0.809. The van der Waals surface area contributed by atoms with E-state index in [1.165, 1.54) is 19.3 Å². The molecule has 5 nitrogen and oxygen atoms in total. The van der Waals surface area contributed by atoms with Gasteiger partial charge in [-0.1, -0.05) is 19.3 Å². The Labute approximate surface area is 126 Å². The zero-order valence-electron chi connectivity index (χ0n) is 12.1. The monoisotopic (exact) mass is 303 g/mol. The zero-order chi connectivity index (χ0) is 13.9. The van der Waals surface area contributed by atoms with Crippen LogP contribution in [-0.2, 0) is 9.59 Å². The Hall–Kier alpha value is -0.810. The van der Waals surface area contributed by atoms with E-state index in [0.29, 0.717) is 25.3 Å². The van der Waals surface area contributed by atoms with Crippen LogP contribution in [0.1, 0.15) is 44.9 Å². The summed E-state index contributed by atoms with van der Waals surface area (Å²) in [6, 6.07) is 0.0231. The van der Waals surface area contributed by atoms with Gasteiger partial charge in [-0.25, -0.2) is 0 Å². The highest BCUT2D eigenvalue weighted by molar-refractivity contribution is 6.07. The van der Waals surface area contributed by atoms with Crippen molar-refractivity contribution in [2.24, 2.45) is 17.1 Å². The van der Waals surface area contributed by atoms with E-state index in [0.717, 1.165) is 12.8 Å². The van der Waals surface area contributed by atoms with Crippen molar-refractivity contribution in [3.8, 4) is 0 Å². The average molecular weight is 304 g/mol. The van der Waals surface area contributed by atoms with Crippen LogP contribution in [0.2, 0.25) is 0 Å². The Morgan fingerprint density at radius 1 is 1.20 bits per heavy atom. The number of halogens is 1. The topological polar surface area (TPSA) is 84.2 Å². The summed E-state index contributed by atoms with van der Waals surface area (Å²) in [5, 5.41) is 5.62. The molecule has 0 aliphatic heterocycles. The Morgan fingerprint density at radius 2 is 1.80 bits per heavy atom. The van der Waals surface area contributed by atoms with E-state index in [4.69, 9.17) is 5.73 Å². The van der Waals surface area contributed by atoms with Gasteiger partial charge in [-0.3, -0.25) is 9.59 Å². The number of nitrogens with two attached hydrogens (primary N) is 1. The first-order chi connectivity index (χ1) is 9.14. The summed E-state index contributed by atoms with van der Waals surface area (Å²) in [4.78, 5) is 24.1. The molecule has 20 heavy (non-hydrogen) atoms. The number of carbonyl (C=O) groups excluding carboxylic acids is 2. The van der Waals surface area contributed by atoms with Gasteiger partial charge >= 0.3 is 0 Å². The van der Waals surface area contributed by atoms with Crippen LogP contribution in [0.15, 0.2) is 0 Å². The first-order valence-corrected chi connectivity index (χ1v) is 7.37. The standard InChI is InChI=1S/C14H25N3O2.ClH/c1-16-12(18)14(7-8-14)13(19)17-11(9-15)10-5-3-2-4-6-10;/h10-11H,2-9,15H2,1H3,(H,16,18)(H,17,19);1H. The number of amides is 2. The van der Waals surface area contributed by atoms with Gasteiger partial charge in [0.25, 0.3) is 0 Å². The second kappa shape index (κ2) is 7.27. The lowest BCUT2D eigenvalue weighted by atomic mass is 9.83. The molecule has 0 aromatic carbocycles. The summed E-state index contributed by atoms with van der Waals surface area (Å²) in [6.45, 7) is 0.459. The summed E-state index contributed by atoms with van der Waals surface area (Å²) in [5.74, 6) is 0.181. The molecule has 0 spiro atoms. The van der Waals surface area contributed by atoms with Crippen LogP contribution in [0.4, 0.5) is 0 Å². The Morgan fingerprint density at radius 3 is 2.25 bits per heavy atom. The van der Waals surface area contributed by atoms with E-state index in [1.54, 1.807) is 7.05 Å². The molecule has 2 fully saturated rings. The molecule has 0 heterocycles. The van der Waals surface area contributed by atoms with Gasteiger partial charge in [-0.05, 0) is 31.6 Å². The lowest BCUT2D eigenvalue weighted by Gasteiger charge is -2.31. The van der Waals surface area contributed by atoms with Crippen molar-refractivity contribution in [3.63, 3.8) is 0 Å². The van der Waals surface area contributed by atoms with Gasteiger partial charge in [-0.2, -0.15) is 0 Å².